The summed E-state index contributed by atoms with van der Waals surface area (Å²) < 4.78 is 6.03. The number of rotatable bonds is 7. The number of ether oxygens (including phenoxy) is 1. The predicted octanol–water partition coefficient (Wildman–Crippen LogP) is 3.82. The maximum Gasteiger partial charge on any atom is 0.269 e. The van der Waals surface area contributed by atoms with Gasteiger partial charge in [0.15, 0.2) is 0 Å². The van der Waals surface area contributed by atoms with Gasteiger partial charge in [-0.25, -0.2) is 0 Å². The average Bonchev–Trinajstić information content (AvgIpc) is 2.67. The van der Waals surface area contributed by atoms with E-state index in [1.165, 1.54) is 5.56 Å². The number of non-ortho nitro benzene ring substituents is 1. The highest BCUT2D eigenvalue weighted by Gasteiger charge is 2.19. The van der Waals surface area contributed by atoms with Gasteiger partial charge in [-0.3, -0.25) is 10.1 Å². The second-order valence-electron chi connectivity index (χ2n) is 6.51. The van der Waals surface area contributed by atoms with E-state index in [1.54, 1.807) is 12.1 Å². The second kappa shape index (κ2) is 8.74. The summed E-state index contributed by atoms with van der Waals surface area (Å²) in [7, 11) is 0. The summed E-state index contributed by atoms with van der Waals surface area (Å²) in [6, 6.07) is 17.2. The lowest BCUT2D eigenvalue weighted by Crippen LogP contribution is -2.38. The Balaban J connectivity index is 1.37. The molecule has 5 heteroatoms. The van der Waals surface area contributed by atoms with Gasteiger partial charge >= 0.3 is 0 Å². The molecule has 132 valence electrons. The molecule has 0 unspecified atom stereocenters. The van der Waals surface area contributed by atoms with Crippen LogP contribution in [0.15, 0.2) is 54.6 Å². The van der Waals surface area contributed by atoms with Gasteiger partial charge < -0.3 is 9.64 Å². The maximum atomic E-state index is 10.7. The van der Waals surface area contributed by atoms with Crippen LogP contribution in [0.3, 0.4) is 0 Å². The average molecular weight is 340 g/mol. The zero-order chi connectivity index (χ0) is 17.5. The van der Waals surface area contributed by atoms with Gasteiger partial charge in [0.2, 0.25) is 0 Å². The first-order valence-electron chi connectivity index (χ1n) is 8.82. The molecule has 0 atom stereocenters. The Morgan fingerprint density at radius 3 is 2.32 bits per heavy atom. The Kier molecular flexibility index (Phi) is 6.14. The smallest absolute Gasteiger partial charge is 0.269 e. The van der Waals surface area contributed by atoms with Gasteiger partial charge in [0.05, 0.1) is 17.6 Å². The van der Waals surface area contributed by atoms with Crippen molar-refractivity contribution in [2.45, 2.75) is 32.0 Å². The number of nitrogens with zero attached hydrogens (tertiary/aromatic N) is 2. The SMILES string of the molecule is O=[N+]([O-])c1ccc(CCN2CCC(OCc3ccccc3)CC2)cc1. The van der Waals surface area contributed by atoms with E-state index in [4.69, 9.17) is 4.74 Å². The van der Waals surface area contributed by atoms with Crippen molar-refractivity contribution in [3.05, 3.63) is 75.8 Å². The van der Waals surface area contributed by atoms with Crippen LogP contribution in [0.4, 0.5) is 5.69 Å². The highest BCUT2D eigenvalue weighted by molar-refractivity contribution is 5.32. The molecular weight excluding hydrogens is 316 g/mol. The van der Waals surface area contributed by atoms with Crippen molar-refractivity contribution in [2.75, 3.05) is 19.6 Å². The van der Waals surface area contributed by atoms with Crippen molar-refractivity contribution in [2.24, 2.45) is 0 Å². The van der Waals surface area contributed by atoms with Gasteiger partial charge in [-0.1, -0.05) is 42.5 Å². The summed E-state index contributed by atoms with van der Waals surface area (Å²) in [6.07, 6.45) is 3.39. The largest absolute Gasteiger partial charge is 0.373 e. The van der Waals surface area contributed by atoms with Crippen molar-refractivity contribution >= 4 is 5.69 Å². The summed E-state index contributed by atoms with van der Waals surface area (Å²) in [4.78, 5) is 12.8. The molecule has 1 aliphatic heterocycles. The van der Waals surface area contributed by atoms with Crippen LogP contribution in [0.25, 0.3) is 0 Å². The topological polar surface area (TPSA) is 55.6 Å². The van der Waals surface area contributed by atoms with E-state index in [2.05, 4.69) is 17.0 Å². The second-order valence-corrected chi connectivity index (χ2v) is 6.51. The Labute approximate surface area is 148 Å². The fourth-order valence-corrected chi connectivity index (χ4v) is 3.16. The van der Waals surface area contributed by atoms with Crippen LogP contribution in [-0.4, -0.2) is 35.6 Å². The third-order valence-electron chi connectivity index (χ3n) is 4.73. The van der Waals surface area contributed by atoms with Crippen LogP contribution in [0.2, 0.25) is 0 Å². The van der Waals surface area contributed by atoms with Gasteiger partial charge in [-0.15, -0.1) is 0 Å². The molecule has 0 N–H and O–H groups in total. The predicted molar refractivity (Wildman–Crippen MR) is 97.5 cm³/mol. The van der Waals surface area contributed by atoms with Crippen LogP contribution in [0.5, 0.6) is 0 Å². The summed E-state index contributed by atoms with van der Waals surface area (Å²) >= 11 is 0. The molecule has 0 aliphatic carbocycles. The van der Waals surface area contributed by atoms with Gasteiger partial charge in [-0.2, -0.15) is 0 Å². The van der Waals surface area contributed by atoms with Crippen LogP contribution in [0.1, 0.15) is 24.0 Å². The quantitative estimate of drug-likeness (QED) is 0.568. The molecule has 0 saturated carbocycles. The molecule has 2 aromatic carbocycles. The lowest BCUT2D eigenvalue weighted by atomic mass is 10.1. The van der Waals surface area contributed by atoms with Gasteiger partial charge in [0, 0.05) is 31.8 Å². The lowest BCUT2D eigenvalue weighted by molar-refractivity contribution is -0.384. The van der Waals surface area contributed by atoms with Crippen LogP contribution in [-0.2, 0) is 17.8 Å². The van der Waals surface area contributed by atoms with Crippen molar-refractivity contribution in [3.63, 3.8) is 0 Å². The number of nitro groups is 1. The molecule has 0 bridgehead atoms. The first-order valence-corrected chi connectivity index (χ1v) is 8.82. The fourth-order valence-electron chi connectivity index (χ4n) is 3.16. The molecule has 1 saturated heterocycles. The number of likely N-dealkylation sites (tertiary alicyclic amines) is 1. The molecule has 1 aliphatic rings. The highest BCUT2D eigenvalue weighted by Crippen LogP contribution is 2.17. The zero-order valence-corrected chi connectivity index (χ0v) is 14.3. The normalized spacial score (nSPS) is 16.0. The van der Waals surface area contributed by atoms with Crippen molar-refractivity contribution < 1.29 is 9.66 Å². The highest BCUT2D eigenvalue weighted by atomic mass is 16.6. The van der Waals surface area contributed by atoms with Gasteiger partial charge in [0.1, 0.15) is 0 Å². The van der Waals surface area contributed by atoms with E-state index < -0.39 is 0 Å². The molecule has 5 nitrogen and oxygen atoms in total. The minimum absolute atomic E-state index is 0.153. The van der Waals surface area contributed by atoms with E-state index in [0.29, 0.717) is 12.7 Å². The van der Waals surface area contributed by atoms with Gasteiger partial charge in [0.25, 0.3) is 5.69 Å². The van der Waals surface area contributed by atoms with E-state index in [9.17, 15) is 10.1 Å². The van der Waals surface area contributed by atoms with Gasteiger partial charge in [-0.05, 0) is 30.4 Å². The molecule has 25 heavy (non-hydrogen) atoms. The van der Waals surface area contributed by atoms with Crippen molar-refractivity contribution in [3.8, 4) is 0 Å². The third-order valence-corrected chi connectivity index (χ3v) is 4.73. The Bertz CT molecular complexity index is 665. The minimum Gasteiger partial charge on any atom is -0.373 e. The molecular formula is C20H24N2O3. The van der Waals surface area contributed by atoms with Crippen molar-refractivity contribution in [1.82, 2.24) is 4.90 Å². The van der Waals surface area contributed by atoms with E-state index in [-0.39, 0.29) is 10.6 Å². The standard InChI is InChI=1S/C20H24N2O3/c23-22(24)19-8-6-17(7-9-19)10-13-21-14-11-20(12-15-21)25-16-18-4-2-1-3-5-18/h1-9,20H,10-16H2. The first-order chi connectivity index (χ1) is 12.2. The third kappa shape index (κ3) is 5.37. The molecule has 0 spiro atoms. The number of hydrogen-bond donors (Lipinski definition) is 0. The monoisotopic (exact) mass is 340 g/mol. The Morgan fingerprint density at radius 1 is 1.00 bits per heavy atom. The van der Waals surface area contributed by atoms with E-state index in [1.807, 2.05) is 30.3 Å². The molecule has 0 radical (unpaired) electrons. The molecule has 1 fully saturated rings. The number of nitro benzene ring substituents is 1. The maximum absolute atomic E-state index is 10.7. The van der Waals surface area contributed by atoms with Crippen LogP contribution in [0, 0.1) is 10.1 Å². The Hall–Kier alpha value is -2.24. The van der Waals surface area contributed by atoms with Crippen LogP contribution >= 0.6 is 0 Å². The fraction of sp³-hybridized carbons (Fsp3) is 0.400. The van der Waals surface area contributed by atoms with Crippen molar-refractivity contribution in [1.29, 1.82) is 0 Å². The molecule has 2 aromatic rings. The lowest BCUT2D eigenvalue weighted by Gasteiger charge is -2.31. The molecule has 0 aromatic heterocycles. The number of piperidine rings is 1. The Morgan fingerprint density at radius 2 is 1.68 bits per heavy atom. The summed E-state index contributed by atoms with van der Waals surface area (Å²) in [5.74, 6) is 0. The number of benzene rings is 2. The van der Waals surface area contributed by atoms with Crippen LogP contribution < -0.4 is 0 Å². The minimum atomic E-state index is -0.357. The number of hydrogen-bond acceptors (Lipinski definition) is 4. The van der Waals surface area contributed by atoms with E-state index >= 15 is 0 Å². The summed E-state index contributed by atoms with van der Waals surface area (Å²) in [6.45, 7) is 3.77. The zero-order valence-electron chi connectivity index (χ0n) is 14.3. The molecule has 0 amide bonds. The summed E-state index contributed by atoms with van der Waals surface area (Å²) in [5, 5.41) is 10.7. The summed E-state index contributed by atoms with van der Waals surface area (Å²) in [5.41, 5.74) is 2.52. The molecule has 1 heterocycles. The molecule has 3 rings (SSSR count). The van der Waals surface area contributed by atoms with E-state index in [0.717, 1.165) is 44.5 Å². The first kappa shape index (κ1) is 17.6.